The van der Waals surface area contributed by atoms with E-state index in [-0.39, 0.29) is 24.2 Å². The summed E-state index contributed by atoms with van der Waals surface area (Å²) >= 11 is 0. The molecule has 7 heteroatoms. The first kappa shape index (κ1) is 19.1. The maximum absolute atomic E-state index is 12.3. The van der Waals surface area contributed by atoms with Crippen molar-refractivity contribution in [2.45, 2.75) is 0 Å². The molecule has 0 aliphatic heterocycles. The molecule has 0 saturated heterocycles. The summed E-state index contributed by atoms with van der Waals surface area (Å²) in [6.07, 6.45) is 0. The van der Waals surface area contributed by atoms with Gasteiger partial charge in [-0.15, -0.1) is 0 Å². The van der Waals surface area contributed by atoms with E-state index in [2.05, 4.69) is 5.32 Å². The Hall–Kier alpha value is -3.22. The number of hydrogen-bond donors (Lipinski definition) is 1. The summed E-state index contributed by atoms with van der Waals surface area (Å²) in [5.74, 6) is 0.515. The Kier molecular flexibility index (Phi) is 6.43. The Labute approximate surface area is 152 Å². The van der Waals surface area contributed by atoms with Crippen molar-refractivity contribution >= 4 is 17.5 Å². The monoisotopic (exact) mass is 358 g/mol. The van der Waals surface area contributed by atoms with Crippen LogP contribution in [-0.4, -0.2) is 51.6 Å². The molecule has 138 valence electrons. The second-order valence-electron chi connectivity index (χ2n) is 5.57. The maximum atomic E-state index is 12.3. The number of hydrogen-bond acceptors (Lipinski definition) is 5. The van der Waals surface area contributed by atoms with Crippen molar-refractivity contribution in [2.75, 3.05) is 40.2 Å². The van der Waals surface area contributed by atoms with Crippen LogP contribution in [-0.2, 0) is 4.79 Å². The van der Waals surface area contributed by atoms with Crippen LogP contribution in [0.3, 0.4) is 0 Å². The van der Waals surface area contributed by atoms with E-state index in [1.165, 1.54) is 19.1 Å². The molecule has 0 bridgehead atoms. The molecule has 7 nitrogen and oxygen atoms in total. The molecule has 2 aromatic rings. The fraction of sp³-hybridized carbons (Fsp3) is 0.263. The summed E-state index contributed by atoms with van der Waals surface area (Å²) < 4.78 is 16.1. The van der Waals surface area contributed by atoms with Crippen molar-refractivity contribution < 1.29 is 23.8 Å². The number of carbonyl (C=O) groups is 2. The van der Waals surface area contributed by atoms with E-state index < -0.39 is 0 Å². The Balaban J connectivity index is 2.15. The highest BCUT2D eigenvalue weighted by atomic mass is 16.5. The molecule has 2 amide bonds. The van der Waals surface area contributed by atoms with Gasteiger partial charge >= 0.3 is 0 Å². The summed E-state index contributed by atoms with van der Waals surface area (Å²) in [7, 11) is 6.27. The summed E-state index contributed by atoms with van der Waals surface area (Å²) in [6, 6.07) is 12.0. The summed E-state index contributed by atoms with van der Waals surface area (Å²) in [6.45, 7) is -0.286. The fourth-order valence-corrected chi connectivity index (χ4v) is 2.31. The highest BCUT2D eigenvalue weighted by Crippen LogP contribution is 2.32. The number of amides is 2. The molecular weight excluding hydrogens is 336 g/mol. The van der Waals surface area contributed by atoms with Crippen LogP contribution in [0.5, 0.6) is 17.2 Å². The number of carbonyl (C=O) groups excluding carboxylic acids is 2. The van der Waals surface area contributed by atoms with Gasteiger partial charge < -0.3 is 24.4 Å². The zero-order chi connectivity index (χ0) is 19.1. The van der Waals surface area contributed by atoms with Crippen molar-refractivity contribution in [1.82, 2.24) is 4.90 Å². The molecule has 0 radical (unpaired) electrons. The zero-order valence-corrected chi connectivity index (χ0v) is 15.2. The van der Waals surface area contributed by atoms with E-state index in [1.807, 2.05) is 0 Å². The van der Waals surface area contributed by atoms with E-state index >= 15 is 0 Å². The fourth-order valence-electron chi connectivity index (χ4n) is 2.31. The Morgan fingerprint density at radius 3 is 2.27 bits per heavy atom. The zero-order valence-electron chi connectivity index (χ0n) is 15.2. The van der Waals surface area contributed by atoms with Gasteiger partial charge in [0.2, 0.25) is 0 Å². The van der Waals surface area contributed by atoms with E-state index in [0.717, 1.165) is 0 Å². The van der Waals surface area contributed by atoms with E-state index in [0.29, 0.717) is 22.7 Å². The minimum Gasteiger partial charge on any atom is -0.495 e. The van der Waals surface area contributed by atoms with Crippen LogP contribution in [0.2, 0.25) is 0 Å². The van der Waals surface area contributed by atoms with Crippen LogP contribution < -0.4 is 19.5 Å². The molecule has 0 unspecified atom stereocenters. The number of para-hydroxylation sites is 3. The third-order valence-corrected chi connectivity index (χ3v) is 3.56. The largest absolute Gasteiger partial charge is 0.495 e. The van der Waals surface area contributed by atoms with Gasteiger partial charge in [0.1, 0.15) is 5.75 Å². The molecule has 1 N–H and O–H groups in total. The van der Waals surface area contributed by atoms with Crippen LogP contribution in [0.25, 0.3) is 0 Å². The standard InChI is InChI=1S/C19H22N2O5/c1-21(2)19(23)13-8-7-11-16(25-4)18(13)26-12-17(22)20-14-9-5-6-10-15(14)24-3/h5-11H,12H2,1-4H3,(H,20,22). The molecule has 0 aromatic heterocycles. The molecule has 0 atom stereocenters. The van der Waals surface area contributed by atoms with Crippen molar-refractivity contribution in [1.29, 1.82) is 0 Å². The van der Waals surface area contributed by atoms with Gasteiger partial charge in [-0.25, -0.2) is 0 Å². The van der Waals surface area contributed by atoms with Crippen molar-refractivity contribution in [3.05, 3.63) is 48.0 Å². The summed E-state index contributed by atoms with van der Waals surface area (Å²) in [5.41, 5.74) is 0.854. The Morgan fingerprint density at radius 2 is 1.62 bits per heavy atom. The molecule has 2 rings (SSSR count). The van der Waals surface area contributed by atoms with Crippen LogP contribution >= 0.6 is 0 Å². The molecule has 0 aliphatic rings. The number of nitrogens with one attached hydrogen (secondary N) is 1. The van der Waals surface area contributed by atoms with Gasteiger partial charge in [0.25, 0.3) is 11.8 Å². The van der Waals surface area contributed by atoms with Crippen LogP contribution in [0.1, 0.15) is 10.4 Å². The first-order chi connectivity index (χ1) is 12.5. The lowest BCUT2D eigenvalue weighted by Gasteiger charge is -2.17. The average Bonchev–Trinajstić information content (AvgIpc) is 2.65. The summed E-state index contributed by atoms with van der Waals surface area (Å²) in [5, 5.41) is 2.72. The number of ether oxygens (including phenoxy) is 3. The van der Waals surface area contributed by atoms with Gasteiger partial charge in [-0.05, 0) is 24.3 Å². The van der Waals surface area contributed by atoms with Gasteiger partial charge in [0, 0.05) is 14.1 Å². The molecule has 0 spiro atoms. The molecular formula is C19H22N2O5. The van der Waals surface area contributed by atoms with Gasteiger partial charge in [0.15, 0.2) is 18.1 Å². The van der Waals surface area contributed by atoms with Gasteiger partial charge in [-0.3, -0.25) is 9.59 Å². The first-order valence-corrected chi connectivity index (χ1v) is 7.92. The molecule has 0 saturated carbocycles. The van der Waals surface area contributed by atoms with Gasteiger partial charge in [-0.2, -0.15) is 0 Å². The average molecular weight is 358 g/mol. The number of anilines is 1. The number of nitrogens with zero attached hydrogens (tertiary/aromatic N) is 1. The maximum Gasteiger partial charge on any atom is 0.262 e. The molecule has 26 heavy (non-hydrogen) atoms. The SMILES string of the molecule is COc1ccccc1NC(=O)COc1c(OC)cccc1C(=O)N(C)C. The number of rotatable bonds is 7. The third-order valence-electron chi connectivity index (χ3n) is 3.56. The van der Waals surface area contributed by atoms with E-state index in [1.54, 1.807) is 56.6 Å². The topological polar surface area (TPSA) is 77.1 Å². The highest BCUT2D eigenvalue weighted by molar-refractivity contribution is 5.98. The minimum atomic E-state index is -0.386. The van der Waals surface area contributed by atoms with Crippen LogP contribution in [0.15, 0.2) is 42.5 Å². The van der Waals surface area contributed by atoms with Gasteiger partial charge in [0.05, 0.1) is 25.5 Å². The lowest BCUT2D eigenvalue weighted by atomic mass is 10.1. The van der Waals surface area contributed by atoms with E-state index in [9.17, 15) is 9.59 Å². The van der Waals surface area contributed by atoms with Crippen LogP contribution in [0.4, 0.5) is 5.69 Å². The third kappa shape index (κ3) is 4.44. The van der Waals surface area contributed by atoms with Crippen molar-refractivity contribution in [2.24, 2.45) is 0 Å². The van der Waals surface area contributed by atoms with Crippen molar-refractivity contribution in [3.8, 4) is 17.2 Å². The van der Waals surface area contributed by atoms with Gasteiger partial charge in [-0.1, -0.05) is 18.2 Å². The summed E-state index contributed by atoms with van der Waals surface area (Å²) in [4.78, 5) is 26.0. The predicted octanol–water partition coefficient (Wildman–Crippen LogP) is 2.42. The van der Waals surface area contributed by atoms with E-state index in [4.69, 9.17) is 14.2 Å². The Morgan fingerprint density at radius 1 is 0.962 bits per heavy atom. The van der Waals surface area contributed by atoms with Crippen molar-refractivity contribution in [3.63, 3.8) is 0 Å². The quantitative estimate of drug-likeness (QED) is 0.823. The minimum absolute atomic E-state index is 0.226. The molecule has 0 aliphatic carbocycles. The second-order valence-corrected chi connectivity index (χ2v) is 5.57. The lowest BCUT2D eigenvalue weighted by Crippen LogP contribution is -2.24. The first-order valence-electron chi connectivity index (χ1n) is 7.92. The number of benzene rings is 2. The molecule has 0 fully saturated rings. The van der Waals surface area contributed by atoms with Crippen LogP contribution in [0, 0.1) is 0 Å². The predicted molar refractivity (Wildman–Crippen MR) is 98.1 cm³/mol. The molecule has 0 heterocycles. The normalized spacial score (nSPS) is 10.0. The lowest BCUT2D eigenvalue weighted by molar-refractivity contribution is -0.118. The smallest absolute Gasteiger partial charge is 0.262 e. The molecule has 2 aromatic carbocycles. The highest BCUT2D eigenvalue weighted by Gasteiger charge is 2.19. The number of methoxy groups -OCH3 is 2. The second kappa shape index (κ2) is 8.75. The Bertz CT molecular complexity index is 789.